The van der Waals surface area contributed by atoms with E-state index in [-0.39, 0.29) is 5.91 Å². The van der Waals surface area contributed by atoms with E-state index in [1.54, 1.807) is 25.1 Å². The molecule has 0 radical (unpaired) electrons. The van der Waals surface area contributed by atoms with E-state index >= 15 is 0 Å². The second-order valence-electron chi connectivity index (χ2n) is 4.48. The van der Waals surface area contributed by atoms with Crippen molar-refractivity contribution in [1.82, 2.24) is 0 Å². The highest BCUT2D eigenvalue weighted by Crippen LogP contribution is 2.26. The summed E-state index contributed by atoms with van der Waals surface area (Å²) in [5, 5.41) is 2.74. The predicted octanol–water partition coefficient (Wildman–Crippen LogP) is 2.88. The fourth-order valence-corrected chi connectivity index (χ4v) is 1.34. The van der Waals surface area contributed by atoms with Crippen LogP contribution in [0.15, 0.2) is 18.2 Å². The maximum Gasteiger partial charge on any atom is 0.224 e. The van der Waals surface area contributed by atoms with Gasteiger partial charge in [0.05, 0.1) is 12.3 Å². The fourth-order valence-electron chi connectivity index (χ4n) is 1.34. The molecule has 0 spiro atoms. The Morgan fingerprint density at radius 1 is 1.44 bits per heavy atom. The van der Waals surface area contributed by atoms with Gasteiger partial charge in [-0.1, -0.05) is 20.8 Å². The molecule has 0 unspecified atom stereocenters. The quantitative estimate of drug-likeness (QED) is 0.789. The van der Waals surface area contributed by atoms with Gasteiger partial charge in [0.25, 0.3) is 0 Å². The Morgan fingerprint density at radius 2 is 2.17 bits per heavy atom. The van der Waals surface area contributed by atoms with Gasteiger partial charge in [0.15, 0.2) is 0 Å². The molecule has 4 nitrogen and oxygen atoms in total. The van der Waals surface area contributed by atoms with Crippen molar-refractivity contribution in [3.05, 3.63) is 23.8 Å². The first kappa shape index (κ1) is 14.2. The summed E-state index contributed by atoms with van der Waals surface area (Å²) in [6.07, 6.45) is 1.13. The minimum absolute atomic E-state index is 0.104. The molecule has 0 aliphatic heterocycles. The number of aldehydes is 1. The van der Waals surface area contributed by atoms with Crippen LogP contribution in [0.2, 0.25) is 0 Å². The summed E-state index contributed by atoms with van der Waals surface area (Å²) >= 11 is 0. The van der Waals surface area contributed by atoms with E-state index in [0.717, 1.165) is 6.29 Å². The maximum absolute atomic E-state index is 11.4. The summed E-state index contributed by atoms with van der Waals surface area (Å²) in [6.45, 7) is 6.43. The molecular weight excluding hydrogens is 230 g/mol. The number of carbonyl (C=O) groups excluding carboxylic acids is 2. The number of hydrogen-bond donors (Lipinski definition) is 1. The smallest absolute Gasteiger partial charge is 0.224 e. The molecule has 0 atom stereocenters. The molecule has 4 heteroatoms. The largest absolute Gasteiger partial charge is 0.491 e. The average Bonchev–Trinajstić information content (AvgIpc) is 2.36. The van der Waals surface area contributed by atoms with Crippen LogP contribution in [0.4, 0.5) is 5.69 Å². The highest BCUT2D eigenvalue weighted by molar-refractivity contribution is 5.93. The minimum atomic E-state index is -0.104. The van der Waals surface area contributed by atoms with Crippen LogP contribution in [-0.4, -0.2) is 18.8 Å². The van der Waals surface area contributed by atoms with Gasteiger partial charge in [-0.05, 0) is 24.1 Å². The molecule has 1 aromatic rings. The van der Waals surface area contributed by atoms with Gasteiger partial charge in [0.1, 0.15) is 12.0 Å². The third kappa shape index (κ3) is 4.20. The molecular formula is C14H19NO3. The minimum Gasteiger partial charge on any atom is -0.491 e. The van der Waals surface area contributed by atoms with E-state index in [2.05, 4.69) is 5.32 Å². The highest BCUT2D eigenvalue weighted by Gasteiger charge is 2.08. The van der Waals surface area contributed by atoms with Crippen molar-refractivity contribution in [3.63, 3.8) is 0 Å². The molecule has 1 N–H and O–H groups in total. The van der Waals surface area contributed by atoms with Gasteiger partial charge < -0.3 is 10.1 Å². The van der Waals surface area contributed by atoms with Gasteiger partial charge in [0, 0.05) is 12.0 Å². The Morgan fingerprint density at radius 3 is 2.72 bits per heavy atom. The summed E-state index contributed by atoms with van der Waals surface area (Å²) in [5.41, 5.74) is 1.06. The zero-order valence-electron chi connectivity index (χ0n) is 11.0. The predicted molar refractivity (Wildman–Crippen MR) is 71.1 cm³/mol. The van der Waals surface area contributed by atoms with E-state index < -0.39 is 0 Å². The fraction of sp³-hybridized carbons (Fsp3) is 0.429. The molecule has 0 aliphatic rings. The monoisotopic (exact) mass is 249 g/mol. The van der Waals surface area contributed by atoms with Crippen molar-refractivity contribution in [2.24, 2.45) is 5.92 Å². The highest BCUT2D eigenvalue weighted by atomic mass is 16.5. The maximum atomic E-state index is 11.4. The Bertz CT molecular complexity index is 427. The number of carbonyl (C=O) groups is 2. The van der Waals surface area contributed by atoms with Crippen molar-refractivity contribution < 1.29 is 14.3 Å². The lowest BCUT2D eigenvalue weighted by molar-refractivity contribution is -0.115. The Kier molecular flexibility index (Phi) is 5.36. The zero-order chi connectivity index (χ0) is 13.5. The van der Waals surface area contributed by atoms with Gasteiger partial charge >= 0.3 is 0 Å². The molecule has 0 aromatic heterocycles. The molecule has 1 aromatic carbocycles. The molecule has 0 heterocycles. The second kappa shape index (κ2) is 6.79. The third-order valence-corrected chi connectivity index (χ3v) is 2.31. The lowest BCUT2D eigenvalue weighted by Gasteiger charge is -2.14. The normalized spacial score (nSPS) is 10.2. The van der Waals surface area contributed by atoms with E-state index in [4.69, 9.17) is 4.74 Å². The van der Waals surface area contributed by atoms with Gasteiger partial charge in [-0.3, -0.25) is 9.59 Å². The lowest BCUT2D eigenvalue weighted by Crippen LogP contribution is -2.12. The van der Waals surface area contributed by atoms with Crippen LogP contribution in [0.1, 0.15) is 37.6 Å². The molecule has 18 heavy (non-hydrogen) atoms. The van der Waals surface area contributed by atoms with Crippen molar-refractivity contribution in [2.45, 2.75) is 27.2 Å². The summed E-state index contributed by atoms with van der Waals surface area (Å²) in [5.74, 6) is 0.883. The molecule has 0 bridgehead atoms. The Balaban J connectivity index is 2.92. The molecule has 0 saturated carbocycles. The number of hydrogen-bond acceptors (Lipinski definition) is 3. The number of benzene rings is 1. The Labute approximate surface area is 107 Å². The molecule has 1 amide bonds. The van der Waals surface area contributed by atoms with Crippen molar-refractivity contribution in [3.8, 4) is 5.75 Å². The van der Waals surface area contributed by atoms with Gasteiger partial charge in [0.2, 0.25) is 5.91 Å². The van der Waals surface area contributed by atoms with Crippen molar-refractivity contribution in [1.29, 1.82) is 0 Å². The summed E-state index contributed by atoms with van der Waals surface area (Å²) in [4.78, 5) is 22.2. The number of nitrogens with one attached hydrogen (secondary N) is 1. The van der Waals surface area contributed by atoms with Crippen LogP contribution in [-0.2, 0) is 4.79 Å². The van der Waals surface area contributed by atoms with Crippen LogP contribution in [0, 0.1) is 5.92 Å². The third-order valence-electron chi connectivity index (χ3n) is 2.31. The molecule has 0 aliphatic carbocycles. The Hall–Kier alpha value is -1.84. The van der Waals surface area contributed by atoms with E-state index in [9.17, 15) is 9.59 Å². The SMILES string of the molecule is CCC(=O)Nc1cc(C=O)ccc1OCC(C)C. The van der Waals surface area contributed by atoms with Crippen LogP contribution in [0.3, 0.4) is 0 Å². The van der Waals surface area contributed by atoms with Crippen molar-refractivity contribution in [2.75, 3.05) is 11.9 Å². The summed E-state index contributed by atoms with van der Waals surface area (Å²) in [6, 6.07) is 5.00. The molecule has 0 saturated heterocycles. The lowest BCUT2D eigenvalue weighted by atomic mass is 10.2. The first-order chi connectivity index (χ1) is 8.56. The van der Waals surface area contributed by atoms with Crippen LogP contribution < -0.4 is 10.1 Å². The van der Waals surface area contributed by atoms with E-state index in [0.29, 0.717) is 35.9 Å². The first-order valence-electron chi connectivity index (χ1n) is 6.08. The zero-order valence-corrected chi connectivity index (χ0v) is 11.0. The number of amides is 1. The van der Waals surface area contributed by atoms with Gasteiger partial charge in [-0.25, -0.2) is 0 Å². The molecule has 98 valence electrons. The number of rotatable bonds is 6. The molecule has 0 fully saturated rings. The standard InChI is InChI=1S/C14H19NO3/c1-4-14(17)15-12-7-11(8-16)5-6-13(12)18-9-10(2)3/h5-8,10H,4,9H2,1-3H3,(H,15,17). The number of anilines is 1. The first-order valence-corrected chi connectivity index (χ1v) is 6.08. The van der Waals surface area contributed by atoms with E-state index in [1.165, 1.54) is 0 Å². The van der Waals surface area contributed by atoms with Crippen LogP contribution in [0.25, 0.3) is 0 Å². The van der Waals surface area contributed by atoms with E-state index in [1.807, 2.05) is 13.8 Å². The van der Waals surface area contributed by atoms with Crippen LogP contribution >= 0.6 is 0 Å². The van der Waals surface area contributed by atoms with Crippen LogP contribution in [0.5, 0.6) is 5.75 Å². The van der Waals surface area contributed by atoms with Gasteiger partial charge in [-0.2, -0.15) is 0 Å². The average molecular weight is 249 g/mol. The second-order valence-corrected chi connectivity index (χ2v) is 4.48. The summed E-state index contributed by atoms with van der Waals surface area (Å²) < 4.78 is 5.61. The topological polar surface area (TPSA) is 55.4 Å². The van der Waals surface area contributed by atoms with Crippen molar-refractivity contribution >= 4 is 17.9 Å². The van der Waals surface area contributed by atoms with Gasteiger partial charge in [-0.15, -0.1) is 0 Å². The summed E-state index contributed by atoms with van der Waals surface area (Å²) in [7, 11) is 0. The number of ether oxygens (including phenoxy) is 1. The molecule has 1 rings (SSSR count).